The van der Waals surface area contributed by atoms with Crippen LogP contribution in [0.1, 0.15) is 32.2 Å². The third-order valence-corrected chi connectivity index (χ3v) is 3.41. The Morgan fingerprint density at radius 3 is 2.72 bits per heavy atom. The first-order chi connectivity index (χ1) is 12.2. The first-order valence-electron chi connectivity index (χ1n) is 7.43. The lowest BCUT2D eigenvalue weighted by Crippen LogP contribution is -2.09. The predicted molar refractivity (Wildman–Crippen MR) is 84.7 cm³/mol. The molecule has 0 atom stereocenters. The smallest absolute Gasteiger partial charge is 0.374 e. The molecule has 0 unspecified atom stereocenters. The predicted octanol–water partition coefficient (Wildman–Crippen LogP) is 2.06. The van der Waals surface area contributed by atoms with E-state index in [2.05, 4.69) is 15.0 Å². The first-order valence-corrected chi connectivity index (χ1v) is 7.43. The van der Waals surface area contributed by atoms with Gasteiger partial charge in [0, 0.05) is 5.56 Å². The zero-order valence-electron chi connectivity index (χ0n) is 13.4. The Morgan fingerprint density at radius 1 is 1.16 bits per heavy atom. The van der Waals surface area contributed by atoms with Crippen molar-refractivity contribution in [1.29, 1.82) is 0 Å². The molecule has 2 heterocycles. The number of hydrogen-bond donors (Lipinski definition) is 0. The molecule has 0 fully saturated rings. The van der Waals surface area contributed by atoms with E-state index in [-0.39, 0.29) is 18.1 Å². The monoisotopic (exact) mass is 341 g/mol. The van der Waals surface area contributed by atoms with Crippen LogP contribution < -0.4 is 0 Å². The van der Waals surface area contributed by atoms with Crippen LogP contribution in [0.25, 0.3) is 0 Å². The summed E-state index contributed by atoms with van der Waals surface area (Å²) in [4.78, 5) is 23.6. The molecule has 1 aromatic carbocycles. The van der Waals surface area contributed by atoms with Gasteiger partial charge in [-0.3, -0.25) is 0 Å². The highest BCUT2D eigenvalue weighted by Crippen LogP contribution is 2.14. The fourth-order valence-electron chi connectivity index (χ4n) is 2.18. The number of carbonyl (C=O) groups is 2. The zero-order chi connectivity index (χ0) is 17.6. The molecule has 8 heteroatoms. The number of nitrogens with zero attached hydrogens (tertiary/aromatic N) is 3. The Morgan fingerprint density at radius 2 is 1.96 bits per heavy atom. The van der Waals surface area contributed by atoms with E-state index in [1.165, 1.54) is 25.6 Å². The molecule has 0 amide bonds. The van der Waals surface area contributed by atoms with E-state index >= 15 is 0 Å². The molecule has 25 heavy (non-hydrogen) atoms. The molecule has 128 valence electrons. The summed E-state index contributed by atoms with van der Waals surface area (Å²) >= 11 is 0. The van der Waals surface area contributed by atoms with Crippen molar-refractivity contribution in [2.45, 2.75) is 13.2 Å². The lowest BCUT2D eigenvalue weighted by Gasteiger charge is -2.02. The van der Waals surface area contributed by atoms with Crippen molar-refractivity contribution in [2.24, 2.45) is 0 Å². The van der Waals surface area contributed by atoms with Gasteiger partial charge in [-0.25, -0.2) is 14.3 Å². The van der Waals surface area contributed by atoms with Crippen LogP contribution in [-0.4, -0.2) is 34.0 Å². The van der Waals surface area contributed by atoms with Crippen LogP contribution in [0, 0.1) is 0 Å². The van der Waals surface area contributed by atoms with Crippen molar-refractivity contribution >= 4 is 11.9 Å². The molecule has 0 saturated heterocycles. The van der Waals surface area contributed by atoms with Gasteiger partial charge in [-0.05, 0) is 11.6 Å². The van der Waals surface area contributed by atoms with Gasteiger partial charge in [0.15, 0.2) is 5.69 Å². The number of carbonyl (C=O) groups excluding carboxylic acids is 2. The van der Waals surface area contributed by atoms with Gasteiger partial charge in [0.1, 0.15) is 6.61 Å². The second-order valence-corrected chi connectivity index (χ2v) is 5.13. The van der Waals surface area contributed by atoms with Gasteiger partial charge in [0.25, 0.3) is 0 Å². The van der Waals surface area contributed by atoms with Crippen LogP contribution in [0.5, 0.6) is 0 Å². The number of furan rings is 1. The van der Waals surface area contributed by atoms with Crippen molar-refractivity contribution in [2.75, 3.05) is 7.11 Å². The van der Waals surface area contributed by atoms with Crippen molar-refractivity contribution in [3.8, 4) is 0 Å². The minimum absolute atomic E-state index is 0.00281. The molecule has 0 aliphatic heterocycles. The van der Waals surface area contributed by atoms with Crippen LogP contribution in [0.3, 0.4) is 0 Å². The normalized spacial score (nSPS) is 10.4. The number of aromatic nitrogens is 3. The van der Waals surface area contributed by atoms with Gasteiger partial charge in [0.05, 0.1) is 26.1 Å². The maximum Gasteiger partial charge on any atom is 0.374 e. The molecule has 0 spiro atoms. The summed E-state index contributed by atoms with van der Waals surface area (Å²) < 4.78 is 16.3. The van der Waals surface area contributed by atoms with Gasteiger partial charge >= 0.3 is 11.9 Å². The highest BCUT2D eigenvalue weighted by Gasteiger charge is 2.19. The summed E-state index contributed by atoms with van der Waals surface area (Å²) in [5.41, 5.74) is 1.53. The Bertz CT molecular complexity index is 869. The second kappa shape index (κ2) is 7.43. The quantitative estimate of drug-likeness (QED) is 0.633. The fourth-order valence-corrected chi connectivity index (χ4v) is 2.18. The van der Waals surface area contributed by atoms with Gasteiger partial charge in [0.2, 0.25) is 5.76 Å². The van der Waals surface area contributed by atoms with E-state index in [1.807, 2.05) is 30.3 Å². The summed E-state index contributed by atoms with van der Waals surface area (Å²) in [5, 5.41) is 7.72. The van der Waals surface area contributed by atoms with E-state index < -0.39 is 11.9 Å². The third kappa shape index (κ3) is 3.92. The molecule has 0 aliphatic carbocycles. The molecular weight excluding hydrogens is 326 g/mol. The molecule has 3 aromatic rings. The topological polar surface area (TPSA) is 96.5 Å². The molecule has 0 radical (unpaired) electrons. The summed E-state index contributed by atoms with van der Waals surface area (Å²) in [6.45, 7) is 0.362. The zero-order valence-corrected chi connectivity index (χ0v) is 13.4. The lowest BCUT2D eigenvalue weighted by atomic mass is 10.2. The number of rotatable bonds is 6. The summed E-state index contributed by atoms with van der Waals surface area (Å²) in [6.07, 6.45) is 2.83. The average molecular weight is 341 g/mol. The van der Waals surface area contributed by atoms with E-state index in [4.69, 9.17) is 9.15 Å². The number of hydrogen-bond acceptors (Lipinski definition) is 7. The number of methoxy groups -OCH3 is 1. The summed E-state index contributed by atoms with van der Waals surface area (Å²) in [7, 11) is 1.24. The molecular formula is C17H15N3O5. The van der Waals surface area contributed by atoms with Crippen LogP contribution in [0.4, 0.5) is 0 Å². The summed E-state index contributed by atoms with van der Waals surface area (Å²) in [5.74, 6) is -1.27. The Balaban J connectivity index is 1.61. The molecule has 8 nitrogen and oxygen atoms in total. The molecule has 0 N–H and O–H groups in total. The Labute approximate surface area is 143 Å². The first kappa shape index (κ1) is 16.4. The molecule has 0 bridgehead atoms. The average Bonchev–Trinajstić information content (AvgIpc) is 3.29. The largest absolute Gasteiger partial charge is 0.463 e. The van der Waals surface area contributed by atoms with Crippen LogP contribution >= 0.6 is 0 Å². The molecule has 0 aliphatic rings. The van der Waals surface area contributed by atoms with Crippen LogP contribution in [-0.2, 0) is 22.6 Å². The van der Waals surface area contributed by atoms with Crippen LogP contribution in [0.2, 0.25) is 0 Å². The molecule has 0 saturated carbocycles. The molecule has 2 aromatic heterocycles. The van der Waals surface area contributed by atoms with Gasteiger partial charge in [-0.2, -0.15) is 0 Å². The third-order valence-electron chi connectivity index (χ3n) is 3.41. The van der Waals surface area contributed by atoms with Crippen molar-refractivity contribution in [3.05, 3.63) is 71.4 Å². The van der Waals surface area contributed by atoms with Gasteiger partial charge in [-0.1, -0.05) is 35.5 Å². The lowest BCUT2D eigenvalue weighted by molar-refractivity contribution is 0.0447. The minimum atomic E-state index is -0.642. The van der Waals surface area contributed by atoms with Gasteiger partial charge in [-0.15, -0.1) is 5.10 Å². The fraction of sp³-hybridized carbons (Fsp3) is 0.176. The number of benzene rings is 1. The van der Waals surface area contributed by atoms with E-state index in [0.717, 1.165) is 5.56 Å². The van der Waals surface area contributed by atoms with E-state index in [1.54, 1.807) is 4.68 Å². The Hall–Kier alpha value is -3.42. The van der Waals surface area contributed by atoms with Crippen molar-refractivity contribution in [3.63, 3.8) is 0 Å². The number of esters is 2. The second-order valence-electron chi connectivity index (χ2n) is 5.13. The standard InChI is InChI=1S/C17H15N3O5/c1-23-17(22)15-13(7-8-24-15)11-25-16(21)14-10-20(19-18-14)9-12-5-3-2-4-6-12/h2-8,10H,9,11H2,1H3. The van der Waals surface area contributed by atoms with E-state index in [9.17, 15) is 9.59 Å². The maximum atomic E-state index is 12.1. The van der Waals surface area contributed by atoms with Gasteiger partial charge < -0.3 is 13.9 Å². The SMILES string of the molecule is COC(=O)c1occc1COC(=O)c1cn(Cc2ccccc2)nn1. The highest BCUT2D eigenvalue weighted by atomic mass is 16.5. The number of ether oxygens (including phenoxy) is 2. The Kier molecular flexibility index (Phi) is 4.89. The minimum Gasteiger partial charge on any atom is -0.463 e. The summed E-state index contributed by atoms with van der Waals surface area (Å²) in [6, 6.07) is 11.2. The van der Waals surface area contributed by atoms with Crippen LogP contribution in [0.15, 0.2) is 53.3 Å². The molecule has 3 rings (SSSR count). The van der Waals surface area contributed by atoms with Crippen molar-refractivity contribution < 1.29 is 23.5 Å². The van der Waals surface area contributed by atoms with E-state index in [0.29, 0.717) is 12.1 Å². The van der Waals surface area contributed by atoms with Crippen molar-refractivity contribution in [1.82, 2.24) is 15.0 Å². The highest BCUT2D eigenvalue weighted by molar-refractivity contribution is 5.88. The maximum absolute atomic E-state index is 12.1.